The van der Waals surface area contributed by atoms with Crippen molar-refractivity contribution in [3.8, 4) is 0 Å². The molecule has 1 fully saturated rings. The van der Waals surface area contributed by atoms with Gasteiger partial charge in [0.1, 0.15) is 17.5 Å². The van der Waals surface area contributed by atoms with Crippen LogP contribution < -0.4 is 10.6 Å². The van der Waals surface area contributed by atoms with E-state index in [-0.39, 0.29) is 5.41 Å². The number of nitrogen functional groups attached to an aromatic ring is 1. The highest BCUT2D eigenvalue weighted by atomic mass is 15.2. The summed E-state index contributed by atoms with van der Waals surface area (Å²) in [5.74, 6) is 3.13. The van der Waals surface area contributed by atoms with Crippen molar-refractivity contribution >= 4 is 11.6 Å². The zero-order valence-electron chi connectivity index (χ0n) is 13.7. The highest BCUT2D eigenvalue weighted by molar-refractivity contribution is 5.58. The van der Waals surface area contributed by atoms with Crippen LogP contribution in [0.4, 0.5) is 11.6 Å². The first-order valence-corrected chi connectivity index (χ1v) is 7.63. The molecule has 4 heteroatoms. The van der Waals surface area contributed by atoms with Crippen LogP contribution in [0.5, 0.6) is 0 Å². The zero-order chi connectivity index (χ0) is 15.1. The Balaban J connectivity index is 2.48. The summed E-state index contributed by atoms with van der Waals surface area (Å²) in [6, 6.07) is 0.566. The third-order valence-corrected chi connectivity index (χ3v) is 4.17. The summed E-state index contributed by atoms with van der Waals surface area (Å²) in [6.07, 6.45) is 2.48. The van der Waals surface area contributed by atoms with E-state index in [4.69, 9.17) is 10.7 Å². The van der Waals surface area contributed by atoms with Gasteiger partial charge in [-0.25, -0.2) is 9.97 Å². The molecule has 1 aromatic rings. The maximum absolute atomic E-state index is 6.13. The van der Waals surface area contributed by atoms with E-state index in [0.717, 1.165) is 23.8 Å². The van der Waals surface area contributed by atoms with E-state index in [1.54, 1.807) is 0 Å². The topological polar surface area (TPSA) is 55.0 Å². The van der Waals surface area contributed by atoms with Crippen molar-refractivity contribution in [1.82, 2.24) is 9.97 Å². The highest BCUT2D eigenvalue weighted by Crippen LogP contribution is 2.33. The summed E-state index contributed by atoms with van der Waals surface area (Å²) in [5.41, 5.74) is 7.07. The normalized spacial score (nSPS) is 19.9. The Morgan fingerprint density at radius 2 is 1.90 bits per heavy atom. The van der Waals surface area contributed by atoms with Crippen molar-refractivity contribution in [2.24, 2.45) is 5.92 Å². The molecule has 1 aliphatic rings. The largest absolute Gasteiger partial charge is 0.383 e. The van der Waals surface area contributed by atoms with Crippen LogP contribution in [0.25, 0.3) is 0 Å². The van der Waals surface area contributed by atoms with E-state index in [2.05, 4.69) is 44.5 Å². The second kappa shape index (κ2) is 5.23. The Morgan fingerprint density at radius 1 is 1.25 bits per heavy atom. The predicted molar refractivity (Wildman–Crippen MR) is 85.1 cm³/mol. The van der Waals surface area contributed by atoms with Crippen LogP contribution in [0.1, 0.15) is 58.8 Å². The Hall–Kier alpha value is -1.32. The number of hydrogen-bond donors (Lipinski definition) is 1. The molecule has 0 bridgehead atoms. The number of hydrogen-bond acceptors (Lipinski definition) is 4. The second-order valence-electron chi connectivity index (χ2n) is 7.28. The van der Waals surface area contributed by atoms with Gasteiger partial charge in [-0.05, 0) is 25.7 Å². The van der Waals surface area contributed by atoms with Gasteiger partial charge in [0.2, 0.25) is 0 Å². The molecular weight excluding hydrogens is 248 g/mol. The molecule has 2 rings (SSSR count). The molecule has 1 aliphatic heterocycles. The van der Waals surface area contributed by atoms with Crippen LogP contribution in [0, 0.1) is 12.8 Å². The van der Waals surface area contributed by atoms with Crippen LogP contribution in [0.15, 0.2) is 0 Å². The van der Waals surface area contributed by atoms with Gasteiger partial charge in [-0.15, -0.1) is 0 Å². The summed E-state index contributed by atoms with van der Waals surface area (Å²) in [7, 11) is 0. The van der Waals surface area contributed by atoms with E-state index in [1.807, 2.05) is 6.92 Å². The third-order valence-electron chi connectivity index (χ3n) is 4.17. The first kappa shape index (κ1) is 15.1. The molecule has 4 nitrogen and oxygen atoms in total. The van der Waals surface area contributed by atoms with Gasteiger partial charge in [0.25, 0.3) is 0 Å². The van der Waals surface area contributed by atoms with Gasteiger partial charge < -0.3 is 10.6 Å². The van der Waals surface area contributed by atoms with E-state index < -0.39 is 0 Å². The molecule has 20 heavy (non-hydrogen) atoms. The Labute approximate surface area is 122 Å². The number of aromatic nitrogens is 2. The number of rotatable bonds is 2. The van der Waals surface area contributed by atoms with Crippen molar-refractivity contribution in [2.75, 3.05) is 17.2 Å². The maximum atomic E-state index is 6.13. The first-order valence-electron chi connectivity index (χ1n) is 7.63. The molecule has 2 heterocycles. The lowest BCUT2D eigenvalue weighted by molar-refractivity contribution is 0.485. The molecular formula is C16H28N4. The Morgan fingerprint density at radius 3 is 2.45 bits per heavy atom. The summed E-state index contributed by atoms with van der Waals surface area (Å²) >= 11 is 0. The second-order valence-corrected chi connectivity index (χ2v) is 7.28. The van der Waals surface area contributed by atoms with Crippen LogP contribution in [0.2, 0.25) is 0 Å². The average molecular weight is 276 g/mol. The fourth-order valence-corrected chi connectivity index (χ4v) is 2.89. The number of nitrogens with zero attached hydrogens (tertiary/aromatic N) is 3. The molecule has 0 spiro atoms. The number of anilines is 2. The predicted octanol–water partition coefficient (Wildman–Crippen LogP) is 3.29. The standard InChI is InChI=1S/C16H28N4/c1-10(2)12-8-7-9-20(12)14-11(3)13(17)18-15(19-14)16(4,5)6/h10,12H,7-9H2,1-6H3,(H2,17,18,19). The SMILES string of the molecule is Cc1c(N)nc(C(C)(C)C)nc1N1CCCC1C(C)C. The van der Waals surface area contributed by atoms with E-state index >= 15 is 0 Å². The fourth-order valence-electron chi connectivity index (χ4n) is 2.89. The van der Waals surface area contributed by atoms with Gasteiger partial charge in [-0.3, -0.25) is 0 Å². The van der Waals surface area contributed by atoms with Gasteiger partial charge >= 0.3 is 0 Å². The van der Waals surface area contributed by atoms with Crippen LogP contribution in [-0.4, -0.2) is 22.6 Å². The van der Waals surface area contributed by atoms with Crippen molar-refractivity contribution < 1.29 is 0 Å². The monoisotopic (exact) mass is 276 g/mol. The zero-order valence-corrected chi connectivity index (χ0v) is 13.7. The molecule has 0 radical (unpaired) electrons. The van der Waals surface area contributed by atoms with Gasteiger partial charge in [0.15, 0.2) is 0 Å². The molecule has 0 amide bonds. The first-order chi connectivity index (χ1) is 9.21. The van der Waals surface area contributed by atoms with Crippen LogP contribution in [0.3, 0.4) is 0 Å². The molecule has 1 atom stereocenters. The average Bonchev–Trinajstić information content (AvgIpc) is 2.80. The maximum Gasteiger partial charge on any atom is 0.138 e. The smallest absolute Gasteiger partial charge is 0.138 e. The lowest BCUT2D eigenvalue weighted by Crippen LogP contribution is -2.35. The molecule has 0 aromatic carbocycles. The molecule has 1 saturated heterocycles. The highest BCUT2D eigenvalue weighted by Gasteiger charge is 2.31. The van der Waals surface area contributed by atoms with Crippen molar-refractivity contribution in [2.45, 2.75) is 65.8 Å². The minimum Gasteiger partial charge on any atom is -0.383 e. The summed E-state index contributed by atoms with van der Waals surface area (Å²) in [5, 5.41) is 0. The number of nitrogens with two attached hydrogens (primary N) is 1. The molecule has 0 saturated carbocycles. The lowest BCUT2D eigenvalue weighted by atomic mass is 9.95. The van der Waals surface area contributed by atoms with E-state index in [1.165, 1.54) is 12.8 Å². The summed E-state index contributed by atoms with van der Waals surface area (Å²) in [6.45, 7) is 14.1. The molecule has 1 unspecified atom stereocenters. The van der Waals surface area contributed by atoms with Crippen LogP contribution in [-0.2, 0) is 5.41 Å². The van der Waals surface area contributed by atoms with E-state index in [0.29, 0.717) is 17.8 Å². The van der Waals surface area contributed by atoms with Gasteiger partial charge in [0, 0.05) is 23.6 Å². The summed E-state index contributed by atoms with van der Waals surface area (Å²) in [4.78, 5) is 11.8. The van der Waals surface area contributed by atoms with Gasteiger partial charge in [-0.2, -0.15) is 0 Å². The molecule has 1 aromatic heterocycles. The van der Waals surface area contributed by atoms with E-state index in [9.17, 15) is 0 Å². The van der Waals surface area contributed by atoms with Crippen molar-refractivity contribution in [3.63, 3.8) is 0 Å². The molecule has 0 aliphatic carbocycles. The Bertz CT molecular complexity index is 488. The van der Waals surface area contributed by atoms with Gasteiger partial charge in [0.05, 0.1) is 0 Å². The van der Waals surface area contributed by atoms with Crippen LogP contribution >= 0.6 is 0 Å². The van der Waals surface area contributed by atoms with Gasteiger partial charge in [-0.1, -0.05) is 34.6 Å². The third kappa shape index (κ3) is 2.74. The quantitative estimate of drug-likeness (QED) is 0.900. The fraction of sp³-hybridized carbons (Fsp3) is 0.750. The van der Waals surface area contributed by atoms with Crippen molar-refractivity contribution in [1.29, 1.82) is 0 Å². The Kier molecular flexibility index (Phi) is 3.94. The lowest BCUT2D eigenvalue weighted by Gasteiger charge is -2.31. The minimum atomic E-state index is -0.0797. The van der Waals surface area contributed by atoms with Crippen molar-refractivity contribution in [3.05, 3.63) is 11.4 Å². The minimum absolute atomic E-state index is 0.0797. The summed E-state index contributed by atoms with van der Waals surface area (Å²) < 4.78 is 0. The molecule has 112 valence electrons. The molecule has 2 N–H and O–H groups in total.